The average Bonchev–Trinajstić information content (AvgIpc) is 2.46. The average molecular weight is 279 g/mol. The molecule has 0 aliphatic heterocycles. The molecule has 0 spiro atoms. The number of ether oxygens (including phenoxy) is 1. The minimum Gasteiger partial charge on any atom is -0.497 e. The van der Waals surface area contributed by atoms with Gasteiger partial charge in [-0.15, -0.1) is 0 Å². The minimum absolute atomic E-state index is 0.0504. The second-order valence-electron chi connectivity index (χ2n) is 6.27. The number of methoxy groups -OCH3 is 1. The molecule has 0 saturated carbocycles. The molecule has 2 N–H and O–H groups in total. The summed E-state index contributed by atoms with van der Waals surface area (Å²) in [4.78, 5) is 0. The molecular formula is C19H21NO. The Bertz CT molecular complexity index is 713. The molecule has 0 aromatic heterocycles. The van der Waals surface area contributed by atoms with Crippen LogP contribution in [0.25, 0.3) is 11.6 Å². The molecule has 0 amide bonds. The van der Waals surface area contributed by atoms with Gasteiger partial charge in [0.25, 0.3) is 0 Å². The smallest absolute Gasteiger partial charge is 0.119 e. The van der Waals surface area contributed by atoms with Crippen LogP contribution in [0.15, 0.2) is 42.5 Å². The van der Waals surface area contributed by atoms with E-state index in [-0.39, 0.29) is 5.41 Å². The maximum atomic E-state index is 6.18. The molecule has 0 saturated heterocycles. The number of hydrogen-bond donors (Lipinski definition) is 1. The van der Waals surface area contributed by atoms with Gasteiger partial charge in [0.15, 0.2) is 0 Å². The van der Waals surface area contributed by atoms with E-state index in [1.807, 2.05) is 24.3 Å². The van der Waals surface area contributed by atoms with Gasteiger partial charge >= 0.3 is 0 Å². The Hall–Kier alpha value is -2.22. The van der Waals surface area contributed by atoms with Crippen molar-refractivity contribution in [2.24, 2.45) is 5.41 Å². The number of benzene rings is 2. The van der Waals surface area contributed by atoms with Crippen LogP contribution in [0.3, 0.4) is 0 Å². The van der Waals surface area contributed by atoms with Crippen LogP contribution in [0, 0.1) is 5.41 Å². The number of rotatable bonds is 2. The van der Waals surface area contributed by atoms with Crippen molar-refractivity contribution < 1.29 is 4.74 Å². The molecule has 21 heavy (non-hydrogen) atoms. The van der Waals surface area contributed by atoms with E-state index in [1.165, 1.54) is 16.7 Å². The molecule has 2 nitrogen and oxygen atoms in total. The number of nitrogens with two attached hydrogens (primary N) is 1. The van der Waals surface area contributed by atoms with Gasteiger partial charge in [-0.1, -0.05) is 44.2 Å². The largest absolute Gasteiger partial charge is 0.497 e. The lowest BCUT2D eigenvalue weighted by molar-refractivity contribution is 0.412. The van der Waals surface area contributed by atoms with Crippen molar-refractivity contribution in [2.75, 3.05) is 12.8 Å². The summed E-state index contributed by atoms with van der Waals surface area (Å²) in [6.45, 7) is 4.54. The Kier molecular flexibility index (Phi) is 3.25. The summed E-state index contributed by atoms with van der Waals surface area (Å²) < 4.78 is 5.34. The van der Waals surface area contributed by atoms with Crippen LogP contribution < -0.4 is 10.5 Å². The van der Waals surface area contributed by atoms with Crippen LogP contribution in [0.4, 0.5) is 5.69 Å². The first-order valence-electron chi connectivity index (χ1n) is 7.25. The first kappa shape index (κ1) is 13.7. The summed E-state index contributed by atoms with van der Waals surface area (Å²) in [7, 11) is 1.71. The highest BCUT2D eigenvalue weighted by Gasteiger charge is 2.30. The Labute approximate surface area is 126 Å². The Balaban J connectivity index is 2.15. The van der Waals surface area contributed by atoms with E-state index in [9.17, 15) is 0 Å². The molecule has 0 unspecified atom stereocenters. The third-order valence-electron chi connectivity index (χ3n) is 4.26. The van der Waals surface area contributed by atoms with Gasteiger partial charge in [0.2, 0.25) is 0 Å². The fraction of sp³-hybridized carbons (Fsp3) is 0.263. The van der Waals surface area contributed by atoms with Gasteiger partial charge in [-0.2, -0.15) is 0 Å². The Morgan fingerprint density at radius 2 is 1.86 bits per heavy atom. The third-order valence-corrected chi connectivity index (χ3v) is 4.26. The van der Waals surface area contributed by atoms with E-state index in [4.69, 9.17) is 10.5 Å². The maximum absolute atomic E-state index is 6.18. The lowest BCUT2D eigenvalue weighted by Crippen LogP contribution is -2.21. The summed E-state index contributed by atoms with van der Waals surface area (Å²) >= 11 is 0. The Morgan fingerprint density at radius 1 is 1.10 bits per heavy atom. The first-order chi connectivity index (χ1) is 10.0. The fourth-order valence-corrected chi connectivity index (χ4v) is 3.11. The zero-order chi connectivity index (χ0) is 15.0. The van der Waals surface area contributed by atoms with Gasteiger partial charge in [0.05, 0.1) is 7.11 Å². The second kappa shape index (κ2) is 4.96. The van der Waals surface area contributed by atoms with Crippen LogP contribution in [-0.2, 0) is 6.42 Å². The van der Waals surface area contributed by atoms with Crippen molar-refractivity contribution in [3.8, 4) is 5.75 Å². The van der Waals surface area contributed by atoms with Gasteiger partial charge in [-0.3, -0.25) is 0 Å². The molecule has 108 valence electrons. The third kappa shape index (κ3) is 2.42. The highest BCUT2D eigenvalue weighted by molar-refractivity contribution is 5.91. The fourth-order valence-electron chi connectivity index (χ4n) is 3.11. The van der Waals surface area contributed by atoms with Crippen molar-refractivity contribution >= 4 is 17.3 Å². The predicted molar refractivity (Wildman–Crippen MR) is 89.2 cm³/mol. The van der Waals surface area contributed by atoms with Crippen molar-refractivity contribution in [3.63, 3.8) is 0 Å². The van der Waals surface area contributed by atoms with Gasteiger partial charge in [0.1, 0.15) is 5.75 Å². The molecule has 0 radical (unpaired) electrons. The molecule has 0 bridgehead atoms. The van der Waals surface area contributed by atoms with Crippen molar-refractivity contribution in [2.45, 2.75) is 20.3 Å². The summed E-state index contributed by atoms with van der Waals surface area (Å²) in [5.74, 6) is 0.917. The number of nitrogen functional groups attached to an aromatic ring is 1. The second-order valence-corrected chi connectivity index (χ2v) is 6.27. The van der Waals surface area contributed by atoms with Crippen LogP contribution in [0.2, 0.25) is 0 Å². The highest BCUT2D eigenvalue weighted by Crippen LogP contribution is 2.45. The van der Waals surface area contributed by atoms with Gasteiger partial charge < -0.3 is 10.5 Å². The first-order valence-corrected chi connectivity index (χ1v) is 7.25. The van der Waals surface area contributed by atoms with Crippen LogP contribution in [-0.4, -0.2) is 7.11 Å². The topological polar surface area (TPSA) is 35.2 Å². The van der Waals surface area contributed by atoms with E-state index in [0.29, 0.717) is 0 Å². The number of allylic oxidation sites excluding steroid dienone is 1. The van der Waals surface area contributed by atoms with E-state index in [1.54, 1.807) is 7.11 Å². The van der Waals surface area contributed by atoms with Crippen molar-refractivity contribution in [1.82, 2.24) is 0 Å². The molecule has 1 aliphatic carbocycles. The molecule has 0 heterocycles. The number of hydrogen-bond acceptors (Lipinski definition) is 2. The summed E-state index contributed by atoms with van der Waals surface area (Å²) in [5, 5.41) is 0. The Morgan fingerprint density at radius 3 is 2.57 bits per heavy atom. The quantitative estimate of drug-likeness (QED) is 0.827. The van der Waals surface area contributed by atoms with E-state index in [2.05, 4.69) is 38.1 Å². The molecular weight excluding hydrogens is 258 g/mol. The minimum atomic E-state index is 0.0504. The normalized spacial score (nSPS) is 16.0. The molecule has 0 fully saturated rings. The monoisotopic (exact) mass is 279 g/mol. The number of fused-ring (bicyclic) bond motifs is 1. The lowest BCUT2D eigenvalue weighted by atomic mass is 9.70. The summed E-state index contributed by atoms with van der Waals surface area (Å²) in [5.41, 5.74) is 12.1. The molecule has 2 aromatic carbocycles. The van der Waals surface area contributed by atoms with E-state index < -0.39 is 0 Å². The molecule has 3 rings (SSSR count). The lowest BCUT2D eigenvalue weighted by Gasteiger charge is -2.34. The molecule has 2 aromatic rings. The summed E-state index contributed by atoms with van der Waals surface area (Å²) in [6.07, 6.45) is 3.25. The van der Waals surface area contributed by atoms with Gasteiger partial charge in [0, 0.05) is 11.3 Å². The predicted octanol–water partition coefficient (Wildman–Crippen LogP) is 4.40. The van der Waals surface area contributed by atoms with Crippen LogP contribution in [0.5, 0.6) is 5.75 Å². The van der Waals surface area contributed by atoms with E-state index >= 15 is 0 Å². The molecule has 0 atom stereocenters. The summed E-state index contributed by atoms with van der Waals surface area (Å²) in [6, 6.07) is 14.4. The van der Waals surface area contributed by atoms with Crippen LogP contribution in [0.1, 0.15) is 30.5 Å². The van der Waals surface area contributed by atoms with E-state index in [0.717, 1.165) is 23.4 Å². The van der Waals surface area contributed by atoms with Crippen molar-refractivity contribution in [1.29, 1.82) is 0 Å². The molecule has 2 heteroatoms. The van der Waals surface area contributed by atoms with Gasteiger partial charge in [-0.25, -0.2) is 0 Å². The SMILES string of the molecule is COc1ccc2c(c1)CC(C)(C)C(c1ccccc1N)=C2. The number of para-hydroxylation sites is 1. The van der Waals surface area contributed by atoms with Gasteiger partial charge in [-0.05, 0) is 46.7 Å². The standard InChI is InChI=1S/C19H21NO/c1-19(2)12-14-10-15(21-3)9-8-13(14)11-17(19)16-6-4-5-7-18(16)20/h4-11H,12,20H2,1-3H3. The maximum Gasteiger partial charge on any atom is 0.119 e. The zero-order valence-electron chi connectivity index (χ0n) is 12.8. The highest BCUT2D eigenvalue weighted by atomic mass is 16.5. The molecule has 1 aliphatic rings. The zero-order valence-corrected chi connectivity index (χ0v) is 12.8. The van der Waals surface area contributed by atoms with Crippen molar-refractivity contribution in [3.05, 3.63) is 59.2 Å². The van der Waals surface area contributed by atoms with Crippen LogP contribution >= 0.6 is 0 Å². The number of anilines is 1.